The molecule has 3 heterocycles. The van der Waals surface area contributed by atoms with E-state index >= 15 is 0 Å². The van der Waals surface area contributed by atoms with Gasteiger partial charge in [0.1, 0.15) is 17.8 Å². The van der Waals surface area contributed by atoms with Crippen molar-refractivity contribution in [1.29, 1.82) is 0 Å². The van der Waals surface area contributed by atoms with E-state index in [1.54, 1.807) is 6.33 Å². The molecule has 7 nitrogen and oxygen atoms in total. The quantitative estimate of drug-likeness (QED) is 0.804. The molecule has 24 heavy (non-hydrogen) atoms. The van der Waals surface area contributed by atoms with Gasteiger partial charge >= 0.3 is 6.09 Å². The standard InChI is InChI=1S/C17H23N5O2/c23-17(24)22-7-3-6-12(9-22)21-16-14-13(11-4-1-2-5-11)8-18-15(14)19-10-20-16/h8,10-12H,1-7,9H2,(H,23,24)(H2,18,19,20,21)/t12-/m1/s1. The van der Waals surface area contributed by atoms with Crippen molar-refractivity contribution in [3.63, 3.8) is 0 Å². The summed E-state index contributed by atoms with van der Waals surface area (Å²) in [6, 6.07) is 0.0966. The van der Waals surface area contributed by atoms with Gasteiger partial charge in [-0.25, -0.2) is 14.8 Å². The number of aromatic nitrogens is 3. The van der Waals surface area contributed by atoms with Gasteiger partial charge in [-0.05, 0) is 37.2 Å². The van der Waals surface area contributed by atoms with E-state index in [4.69, 9.17) is 0 Å². The molecule has 2 aliphatic rings. The Morgan fingerprint density at radius 3 is 2.88 bits per heavy atom. The first-order valence-corrected chi connectivity index (χ1v) is 8.79. The van der Waals surface area contributed by atoms with Crippen LogP contribution in [0.15, 0.2) is 12.5 Å². The number of hydrogen-bond acceptors (Lipinski definition) is 4. The summed E-state index contributed by atoms with van der Waals surface area (Å²) >= 11 is 0. The predicted molar refractivity (Wildman–Crippen MR) is 91.3 cm³/mol. The Morgan fingerprint density at radius 2 is 2.08 bits per heavy atom. The van der Waals surface area contributed by atoms with Crippen LogP contribution in [0.25, 0.3) is 11.0 Å². The average molecular weight is 329 g/mol. The van der Waals surface area contributed by atoms with Gasteiger partial charge in [-0.1, -0.05) is 12.8 Å². The number of piperidine rings is 1. The summed E-state index contributed by atoms with van der Waals surface area (Å²) < 4.78 is 0. The van der Waals surface area contributed by atoms with Crippen molar-refractivity contribution in [2.45, 2.75) is 50.5 Å². The maximum absolute atomic E-state index is 11.2. The van der Waals surface area contributed by atoms with E-state index in [1.165, 1.54) is 36.1 Å². The highest BCUT2D eigenvalue weighted by Crippen LogP contribution is 2.39. The Kier molecular flexibility index (Phi) is 4.00. The van der Waals surface area contributed by atoms with E-state index in [9.17, 15) is 9.90 Å². The fourth-order valence-corrected chi connectivity index (χ4v) is 4.12. The van der Waals surface area contributed by atoms with Crippen LogP contribution in [0.5, 0.6) is 0 Å². The minimum Gasteiger partial charge on any atom is -0.465 e. The number of hydrogen-bond donors (Lipinski definition) is 3. The van der Waals surface area contributed by atoms with Crippen LogP contribution >= 0.6 is 0 Å². The summed E-state index contributed by atoms with van der Waals surface area (Å²) in [5.41, 5.74) is 2.16. The van der Waals surface area contributed by atoms with Gasteiger partial charge in [-0.15, -0.1) is 0 Å². The third-order valence-corrected chi connectivity index (χ3v) is 5.33. The molecule has 1 aliphatic heterocycles. The molecule has 1 atom stereocenters. The Labute approximate surface area is 140 Å². The summed E-state index contributed by atoms with van der Waals surface area (Å²) in [5.74, 6) is 1.41. The minimum absolute atomic E-state index is 0.0966. The molecule has 2 aromatic heterocycles. The SMILES string of the molecule is O=C(O)N1CCC[C@@H](Nc2ncnc3[nH]cc(C4CCCC4)c23)C1. The van der Waals surface area contributed by atoms with Gasteiger partial charge in [0.15, 0.2) is 0 Å². The van der Waals surface area contributed by atoms with Crippen LogP contribution in [-0.4, -0.2) is 50.2 Å². The molecule has 7 heteroatoms. The van der Waals surface area contributed by atoms with E-state index in [1.807, 2.05) is 0 Å². The first-order chi connectivity index (χ1) is 11.7. The zero-order chi connectivity index (χ0) is 16.5. The maximum atomic E-state index is 11.2. The molecule has 0 bridgehead atoms. The summed E-state index contributed by atoms with van der Waals surface area (Å²) in [4.78, 5) is 24.8. The van der Waals surface area contributed by atoms with Gasteiger partial charge in [0.25, 0.3) is 0 Å². The van der Waals surface area contributed by atoms with Crippen molar-refractivity contribution >= 4 is 22.9 Å². The Hall–Kier alpha value is -2.31. The lowest BCUT2D eigenvalue weighted by atomic mass is 9.97. The molecule has 128 valence electrons. The monoisotopic (exact) mass is 329 g/mol. The van der Waals surface area contributed by atoms with Crippen molar-refractivity contribution < 1.29 is 9.90 Å². The van der Waals surface area contributed by atoms with Crippen LogP contribution in [-0.2, 0) is 0 Å². The van der Waals surface area contributed by atoms with Gasteiger partial charge in [0, 0.05) is 25.3 Å². The van der Waals surface area contributed by atoms with Crippen LogP contribution < -0.4 is 5.32 Å². The minimum atomic E-state index is -0.845. The highest BCUT2D eigenvalue weighted by Gasteiger charge is 2.26. The second kappa shape index (κ2) is 6.30. The molecule has 1 saturated heterocycles. The number of nitrogens with zero attached hydrogens (tertiary/aromatic N) is 3. The molecule has 0 radical (unpaired) electrons. The number of anilines is 1. The zero-order valence-corrected chi connectivity index (χ0v) is 13.7. The Balaban J connectivity index is 1.61. The molecule has 0 unspecified atom stereocenters. The first-order valence-electron chi connectivity index (χ1n) is 8.79. The Morgan fingerprint density at radius 1 is 1.25 bits per heavy atom. The van der Waals surface area contributed by atoms with Crippen molar-refractivity contribution in [3.8, 4) is 0 Å². The summed E-state index contributed by atoms with van der Waals surface area (Å²) in [6.07, 6.45) is 9.63. The smallest absolute Gasteiger partial charge is 0.407 e. The number of carboxylic acid groups (broad SMARTS) is 1. The lowest BCUT2D eigenvalue weighted by Gasteiger charge is -2.31. The van der Waals surface area contributed by atoms with Crippen LogP contribution in [0.1, 0.15) is 50.0 Å². The highest BCUT2D eigenvalue weighted by molar-refractivity contribution is 5.91. The number of rotatable bonds is 3. The summed E-state index contributed by atoms with van der Waals surface area (Å²) in [6.45, 7) is 1.12. The number of H-pyrrole nitrogens is 1. The third-order valence-electron chi connectivity index (χ3n) is 5.33. The second-order valence-corrected chi connectivity index (χ2v) is 6.88. The molecule has 0 aromatic carbocycles. The number of fused-ring (bicyclic) bond motifs is 1. The maximum Gasteiger partial charge on any atom is 0.407 e. The summed E-state index contributed by atoms with van der Waals surface area (Å²) in [5, 5.41) is 13.8. The molecule has 3 N–H and O–H groups in total. The van der Waals surface area contributed by atoms with Crippen molar-refractivity contribution in [2.75, 3.05) is 18.4 Å². The molecule has 1 aliphatic carbocycles. The molecule has 1 saturated carbocycles. The van der Waals surface area contributed by atoms with Crippen LogP contribution in [0, 0.1) is 0 Å². The van der Waals surface area contributed by atoms with Gasteiger partial charge in [-0.2, -0.15) is 0 Å². The molecule has 1 amide bonds. The molecular formula is C17H23N5O2. The van der Waals surface area contributed by atoms with Gasteiger partial charge in [-0.3, -0.25) is 0 Å². The molecule has 0 spiro atoms. The van der Waals surface area contributed by atoms with Crippen molar-refractivity contribution in [2.24, 2.45) is 0 Å². The largest absolute Gasteiger partial charge is 0.465 e. The molecule has 2 fully saturated rings. The van der Waals surface area contributed by atoms with E-state index in [0.717, 1.165) is 29.7 Å². The second-order valence-electron chi connectivity index (χ2n) is 6.88. The normalized spacial score (nSPS) is 22.2. The van der Waals surface area contributed by atoms with Crippen molar-refractivity contribution in [1.82, 2.24) is 19.9 Å². The lowest BCUT2D eigenvalue weighted by molar-refractivity contribution is 0.133. The predicted octanol–water partition coefficient (Wildman–Crippen LogP) is 3.17. The third kappa shape index (κ3) is 2.79. The van der Waals surface area contributed by atoms with Crippen LogP contribution in [0.4, 0.5) is 10.6 Å². The van der Waals surface area contributed by atoms with E-state index in [2.05, 4.69) is 26.5 Å². The van der Waals surface area contributed by atoms with E-state index in [0.29, 0.717) is 19.0 Å². The average Bonchev–Trinajstić information content (AvgIpc) is 3.24. The number of carbonyl (C=O) groups is 1. The van der Waals surface area contributed by atoms with Gasteiger partial charge < -0.3 is 20.3 Å². The zero-order valence-electron chi connectivity index (χ0n) is 13.7. The van der Waals surface area contributed by atoms with E-state index < -0.39 is 6.09 Å². The first kappa shape index (κ1) is 15.2. The van der Waals surface area contributed by atoms with Gasteiger partial charge in [0.05, 0.1) is 5.39 Å². The van der Waals surface area contributed by atoms with Crippen LogP contribution in [0.3, 0.4) is 0 Å². The topological polar surface area (TPSA) is 94.1 Å². The number of aromatic amines is 1. The summed E-state index contributed by atoms with van der Waals surface area (Å²) in [7, 11) is 0. The van der Waals surface area contributed by atoms with E-state index in [-0.39, 0.29) is 6.04 Å². The molecular weight excluding hydrogens is 306 g/mol. The fourth-order valence-electron chi connectivity index (χ4n) is 4.12. The number of amides is 1. The number of likely N-dealkylation sites (tertiary alicyclic amines) is 1. The Bertz CT molecular complexity index is 738. The number of nitrogens with one attached hydrogen (secondary N) is 2. The van der Waals surface area contributed by atoms with Gasteiger partial charge in [0.2, 0.25) is 0 Å². The lowest BCUT2D eigenvalue weighted by Crippen LogP contribution is -2.44. The van der Waals surface area contributed by atoms with Crippen molar-refractivity contribution in [3.05, 3.63) is 18.1 Å². The van der Waals surface area contributed by atoms with Crippen LogP contribution in [0.2, 0.25) is 0 Å². The fraction of sp³-hybridized carbons (Fsp3) is 0.588. The molecule has 2 aromatic rings. The molecule has 4 rings (SSSR count). The highest BCUT2D eigenvalue weighted by atomic mass is 16.4.